The number of rotatable bonds is 10. The van der Waals surface area contributed by atoms with Gasteiger partial charge in [0.25, 0.3) is 11.3 Å². The predicted molar refractivity (Wildman–Crippen MR) is 156 cm³/mol. The van der Waals surface area contributed by atoms with E-state index >= 15 is 0 Å². The van der Waals surface area contributed by atoms with Crippen molar-refractivity contribution < 1.29 is 23.0 Å². The van der Waals surface area contributed by atoms with Gasteiger partial charge in [0, 0.05) is 29.6 Å². The molecule has 0 bridgehead atoms. The molecule has 1 fully saturated rings. The smallest absolute Gasteiger partial charge is 0.268 e. The molecule has 4 aromatic rings. The van der Waals surface area contributed by atoms with Gasteiger partial charge in [0.15, 0.2) is 11.6 Å². The van der Waals surface area contributed by atoms with Crippen LogP contribution in [0.25, 0.3) is 11.0 Å². The molecule has 1 atom stereocenters. The lowest BCUT2D eigenvalue weighted by Gasteiger charge is -2.23. The molecule has 1 aromatic heterocycles. The molecule has 12 heteroatoms. The van der Waals surface area contributed by atoms with Gasteiger partial charge >= 0.3 is 0 Å². The van der Waals surface area contributed by atoms with Crippen LogP contribution in [0.15, 0.2) is 66.7 Å². The largest absolute Gasteiger partial charge is 0.497 e. The molecule has 1 aliphatic heterocycles. The van der Waals surface area contributed by atoms with Crippen molar-refractivity contribution in [2.45, 2.75) is 12.8 Å². The highest BCUT2D eigenvalue weighted by atomic mass is 32.2. The number of nitrogens with one attached hydrogen (secondary N) is 2. The average Bonchev–Trinajstić information content (AvgIpc) is 3.46. The maximum atomic E-state index is 12.8. The van der Waals surface area contributed by atoms with Gasteiger partial charge in [-0.05, 0) is 56.3 Å². The number of aromatic nitrogens is 2. The Balaban J connectivity index is 1.53. The predicted octanol–water partition coefficient (Wildman–Crippen LogP) is 4.70. The van der Waals surface area contributed by atoms with Crippen molar-refractivity contribution in [3.63, 3.8) is 0 Å². The molecule has 208 valence electrons. The van der Waals surface area contributed by atoms with Crippen LogP contribution in [-0.2, 0) is 16.1 Å². The van der Waals surface area contributed by atoms with Crippen LogP contribution in [0.3, 0.4) is 0 Å². The first-order valence-electron chi connectivity index (χ1n) is 12.7. The normalized spacial score (nSPS) is 14.1. The summed E-state index contributed by atoms with van der Waals surface area (Å²) in [5.74, 6) is 1.31. The Labute approximate surface area is 234 Å². The molecule has 0 spiro atoms. The molecule has 0 aliphatic carbocycles. The third-order valence-corrected chi connectivity index (χ3v) is 7.14. The van der Waals surface area contributed by atoms with Crippen molar-refractivity contribution in [3.8, 4) is 11.5 Å². The Morgan fingerprint density at radius 3 is 2.27 bits per heavy atom. The summed E-state index contributed by atoms with van der Waals surface area (Å²) >= 11 is -2.53. The molecule has 0 saturated carbocycles. The molecule has 1 aliphatic rings. The van der Waals surface area contributed by atoms with E-state index in [-0.39, 0.29) is 17.5 Å². The van der Waals surface area contributed by atoms with Crippen LogP contribution in [0.1, 0.15) is 12.8 Å². The summed E-state index contributed by atoms with van der Waals surface area (Å²) in [6.45, 7) is 2.11. The first-order chi connectivity index (χ1) is 19.4. The number of nitrogens with zero attached hydrogens (tertiary/aromatic N) is 4. The van der Waals surface area contributed by atoms with E-state index in [1.54, 1.807) is 68.8 Å². The lowest BCUT2D eigenvalue weighted by molar-refractivity contribution is -0.117. The molecule has 3 N–H and O–H groups in total. The summed E-state index contributed by atoms with van der Waals surface area (Å²) in [5, 5.41) is 6.11. The molecule has 1 amide bonds. The number of anilines is 5. The monoisotopic (exact) mass is 562 g/mol. The van der Waals surface area contributed by atoms with Crippen LogP contribution in [0.4, 0.5) is 28.7 Å². The minimum Gasteiger partial charge on any atom is -0.497 e. The van der Waals surface area contributed by atoms with Gasteiger partial charge in [0.2, 0.25) is 5.91 Å². The lowest BCUT2D eigenvalue weighted by atomic mass is 10.2. The van der Waals surface area contributed by atoms with Gasteiger partial charge in [0.1, 0.15) is 11.5 Å². The molecule has 40 heavy (non-hydrogen) atoms. The van der Waals surface area contributed by atoms with Crippen molar-refractivity contribution in [1.82, 2.24) is 14.9 Å². The zero-order valence-corrected chi connectivity index (χ0v) is 23.0. The van der Waals surface area contributed by atoms with Gasteiger partial charge in [-0.25, -0.2) is 18.5 Å². The highest BCUT2D eigenvalue weighted by Gasteiger charge is 2.24. The highest BCUT2D eigenvalue weighted by molar-refractivity contribution is 7.81. The average molecular weight is 563 g/mol. The van der Waals surface area contributed by atoms with Gasteiger partial charge in [-0.2, -0.15) is 0 Å². The molecular formula is C28H30N6O5S. The van der Waals surface area contributed by atoms with E-state index in [4.69, 9.17) is 19.4 Å². The first kappa shape index (κ1) is 27.3. The Bertz CT molecular complexity index is 1520. The van der Waals surface area contributed by atoms with Crippen LogP contribution in [0, 0.1) is 0 Å². The van der Waals surface area contributed by atoms with Gasteiger partial charge < -0.3 is 20.1 Å². The first-order valence-corrected chi connectivity index (χ1v) is 13.8. The van der Waals surface area contributed by atoms with Gasteiger partial charge in [-0.3, -0.25) is 14.2 Å². The quantitative estimate of drug-likeness (QED) is 0.236. The van der Waals surface area contributed by atoms with E-state index in [0.29, 0.717) is 46.1 Å². The second-order valence-corrected chi connectivity index (χ2v) is 10.0. The number of carbonyl (C=O) groups is 1. The van der Waals surface area contributed by atoms with Gasteiger partial charge in [-0.15, -0.1) is 0 Å². The fourth-order valence-corrected chi connectivity index (χ4v) is 5.14. The maximum absolute atomic E-state index is 12.8. The van der Waals surface area contributed by atoms with E-state index in [9.17, 15) is 13.6 Å². The molecule has 5 rings (SSSR count). The second-order valence-electron chi connectivity index (χ2n) is 9.22. The van der Waals surface area contributed by atoms with E-state index in [0.717, 1.165) is 30.2 Å². The van der Waals surface area contributed by atoms with Crippen molar-refractivity contribution in [1.29, 1.82) is 0 Å². The zero-order chi connectivity index (χ0) is 28.1. The van der Waals surface area contributed by atoms with E-state index in [1.165, 1.54) is 0 Å². The number of para-hydroxylation sites is 2. The number of amides is 1. The topological polar surface area (TPSA) is 129 Å². The lowest BCUT2D eigenvalue weighted by Crippen LogP contribution is -2.31. The van der Waals surface area contributed by atoms with Crippen LogP contribution < -0.4 is 24.4 Å². The third-order valence-electron chi connectivity index (χ3n) is 6.45. The van der Waals surface area contributed by atoms with Gasteiger partial charge in [-0.1, -0.05) is 18.2 Å². The summed E-state index contributed by atoms with van der Waals surface area (Å²) in [5.41, 5.74) is 2.55. The SMILES string of the molecule is COc1cc(Nc2nc3ccccc3nc2N(c2cccc(NC(=O)CN3CCCC3)c2)S(=O)O)cc(OC)c1. The third kappa shape index (κ3) is 6.30. The molecular weight excluding hydrogens is 532 g/mol. The Hall–Kier alpha value is -4.26. The van der Waals surface area contributed by atoms with Crippen molar-refractivity contribution in [3.05, 3.63) is 66.7 Å². The molecule has 3 aromatic carbocycles. The van der Waals surface area contributed by atoms with E-state index in [2.05, 4.69) is 15.5 Å². The van der Waals surface area contributed by atoms with Crippen LogP contribution in [-0.4, -0.2) is 63.4 Å². The number of carbonyl (C=O) groups excluding carboxylic acids is 1. The number of methoxy groups -OCH3 is 2. The van der Waals surface area contributed by atoms with Crippen LogP contribution in [0.5, 0.6) is 11.5 Å². The Morgan fingerprint density at radius 2 is 1.62 bits per heavy atom. The summed E-state index contributed by atoms with van der Waals surface area (Å²) < 4.78 is 35.2. The highest BCUT2D eigenvalue weighted by Crippen LogP contribution is 2.36. The summed E-state index contributed by atoms with van der Waals surface area (Å²) in [4.78, 5) is 24.2. The van der Waals surface area contributed by atoms with Crippen LogP contribution >= 0.6 is 0 Å². The molecule has 0 radical (unpaired) electrons. The summed E-state index contributed by atoms with van der Waals surface area (Å²) in [6.07, 6.45) is 2.18. The number of ether oxygens (including phenoxy) is 2. The standard InChI is InChI=1S/C28H30N6O5S/c1-38-22-15-20(16-23(17-22)39-2)30-27-28(32-25-11-4-3-10-24(25)31-27)34(40(36)37)21-9-7-8-19(14-21)29-26(35)18-33-12-5-6-13-33/h3-4,7-11,14-17H,5-6,12-13,18H2,1-2H3,(H,29,35)(H,30,31)(H,36,37). The number of benzene rings is 3. The number of likely N-dealkylation sites (tertiary alicyclic amines) is 1. The fourth-order valence-electron chi connectivity index (χ4n) is 4.57. The summed E-state index contributed by atoms with van der Waals surface area (Å²) in [7, 11) is 3.10. The Kier molecular flexibility index (Phi) is 8.39. The molecule has 11 nitrogen and oxygen atoms in total. The van der Waals surface area contributed by atoms with E-state index in [1.807, 2.05) is 12.1 Å². The molecule has 2 heterocycles. The number of fused-ring (bicyclic) bond motifs is 1. The number of hydrogen-bond donors (Lipinski definition) is 3. The second kappa shape index (κ2) is 12.3. The van der Waals surface area contributed by atoms with Crippen molar-refractivity contribution >= 4 is 56.9 Å². The van der Waals surface area contributed by atoms with E-state index < -0.39 is 11.3 Å². The Morgan fingerprint density at radius 1 is 0.950 bits per heavy atom. The van der Waals surface area contributed by atoms with Crippen molar-refractivity contribution in [2.24, 2.45) is 0 Å². The number of hydrogen-bond acceptors (Lipinski definition) is 8. The zero-order valence-electron chi connectivity index (χ0n) is 22.2. The maximum Gasteiger partial charge on any atom is 0.268 e. The fraction of sp³-hybridized carbons (Fsp3) is 0.250. The van der Waals surface area contributed by atoms with Gasteiger partial charge in [0.05, 0.1) is 37.5 Å². The summed E-state index contributed by atoms with van der Waals surface area (Å²) in [6, 6.07) is 19.2. The molecule has 1 saturated heterocycles. The van der Waals surface area contributed by atoms with Crippen LogP contribution in [0.2, 0.25) is 0 Å². The minimum atomic E-state index is -2.53. The van der Waals surface area contributed by atoms with Crippen molar-refractivity contribution in [2.75, 3.05) is 48.8 Å². The molecule has 1 unspecified atom stereocenters. The minimum absolute atomic E-state index is 0.113.